The fourth-order valence-electron chi connectivity index (χ4n) is 1.96. The van der Waals surface area contributed by atoms with E-state index in [1.165, 1.54) is 6.08 Å². The minimum absolute atomic E-state index is 0.185. The Kier molecular flexibility index (Phi) is 6.22. The van der Waals surface area contributed by atoms with Crippen LogP contribution in [0.25, 0.3) is 6.08 Å². The largest absolute Gasteiger partial charge is 0.494 e. The number of benzene rings is 1. The van der Waals surface area contributed by atoms with Crippen molar-refractivity contribution in [3.05, 3.63) is 35.9 Å². The van der Waals surface area contributed by atoms with Crippen LogP contribution >= 0.6 is 11.8 Å². The van der Waals surface area contributed by atoms with Gasteiger partial charge in [-0.05, 0) is 30.7 Å². The van der Waals surface area contributed by atoms with E-state index in [1.54, 1.807) is 6.08 Å². The Labute approximate surface area is 138 Å². The number of thioether (sulfide) groups is 1. The smallest absolute Gasteiger partial charge is 0.288 e. The summed E-state index contributed by atoms with van der Waals surface area (Å²) in [7, 11) is 0. The van der Waals surface area contributed by atoms with Gasteiger partial charge in [-0.15, -0.1) is 0 Å². The fraction of sp³-hybridized carbons (Fsp3) is 0.312. The zero-order chi connectivity index (χ0) is 16.7. The van der Waals surface area contributed by atoms with Crippen molar-refractivity contribution in [1.82, 2.24) is 10.2 Å². The fourth-order valence-corrected chi connectivity index (χ4v) is 2.71. The molecule has 0 radical (unpaired) electrons. The quantitative estimate of drug-likeness (QED) is 0.771. The first-order valence-electron chi connectivity index (χ1n) is 7.26. The summed E-state index contributed by atoms with van der Waals surface area (Å²) in [5.74, 6) is 0.487. The van der Waals surface area contributed by atoms with E-state index in [4.69, 9.17) is 4.74 Å². The van der Waals surface area contributed by atoms with Gasteiger partial charge in [-0.3, -0.25) is 19.3 Å². The van der Waals surface area contributed by atoms with Crippen LogP contribution < -0.4 is 10.1 Å². The highest BCUT2D eigenvalue weighted by atomic mass is 32.2. The van der Waals surface area contributed by atoms with Gasteiger partial charge in [0.25, 0.3) is 5.24 Å². The Bertz CT molecular complexity index is 597. The molecule has 1 aromatic carbocycles. The number of ether oxygens (including phenoxy) is 1. The monoisotopic (exact) mass is 334 g/mol. The number of nitrogens with zero attached hydrogens (tertiary/aromatic N) is 1. The molecule has 0 saturated carbocycles. The van der Waals surface area contributed by atoms with E-state index < -0.39 is 0 Å². The number of hydrogen-bond acceptors (Lipinski definition) is 5. The van der Waals surface area contributed by atoms with Crippen LogP contribution in [-0.2, 0) is 9.59 Å². The van der Waals surface area contributed by atoms with Crippen LogP contribution in [0.1, 0.15) is 12.5 Å². The van der Waals surface area contributed by atoms with Crippen molar-refractivity contribution in [3.8, 4) is 5.75 Å². The second-order valence-electron chi connectivity index (χ2n) is 4.73. The Morgan fingerprint density at radius 1 is 1.35 bits per heavy atom. The zero-order valence-corrected chi connectivity index (χ0v) is 13.6. The Balaban J connectivity index is 1.75. The molecule has 122 valence electrons. The summed E-state index contributed by atoms with van der Waals surface area (Å²) in [5, 5.41) is 2.39. The lowest BCUT2D eigenvalue weighted by molar-refractivity contribution is -0.125. The summed E-state index contributed by atoms with van der Waals surface area (Å²) < 4.78 is 5.34. The molecule has 1 heterocycles. The number of rotatable bonds is 7. The highest BCUT2D eigenvalue weighted by Crippen LogP contribution is 2.17. The normalized spacial score (nSPS) is 14.6. The van der Waals surface area contributed by atoms with Gasteiger partial charge in [0.1, 0.15) is 5.75 Å². The number of hydrogen-bond donors (Lipinski definition) is 1. The molecule has 0 bridgehead atoms. The first kappa shape index (κ1) is 17.1. The van der Waals surface area contributed by atoms with Crippen molar-refractivity contribution >= 4 is 34.9 Å². The Morgan fingerprint density at radius 2 is 2.09 bits per heavy atom. The minimum atomic E-state index is -0.273. The van der Waals surface area contributed by atoms with Gasteiger partial charge >= 0.3 is 0 Å². The Morgan fingerprint density at radius 3 is 2.70 bits per heavy atom. The maximum atomic E-state index is 11.7. The second-order valence-corrected chi connectivity index (χ2v) is 5.65. The van der Waals surface area contributed by atoms with Crippen LogP contribution in [0.2, 0.25) is 0 Å². The predicted octanol–water partition coefficient (Wildman–Crippen LogP) is 1.91. The molecule has 7 heteroatoms. The summed E-state index contributed by atoms with van der Waals surface area (Å²) in [6.45, 7) is 2.97. The summed E-state index contributed by atoms with van der Waals surface area (Å²) in [6.07, 6.45) is 3.10. The topological polar surface area (TPSA) is 75.7 Å². The van der Waals surface area contributed by atoms with Crippen molar-refractivity contribution in [2.45, 2.75) is 6.92 Å². The van der Waals surface area contributed by atoms with Crippen LogP contribution in [0, 0.1) is 0 Å². The SMILES string of the molecule is CCOc1ccc(/C=C/C(=O)NCCN2C(=O)CSC2=O)cc1. The third kappa shape index (κ3) is 5.14. The standard InChI is InChI=1S/C16H18N2O4S/c1-2-22-13-6-3-12(4-7-13)5-8-14(19)17-9-10-18-15(20)11-23-16(18)21/h3-8H,2,9-11H2,1H3,(H,17,19)/b8-5+. The van der Waals surface area contributed by atoms with Crippen LogP contribution in [0.15, 0.2) is 30.3 Å². The molecule has 1 saturated heterocycles. The zero-order valence-electron chi connectivity index (χ0n) is 12.8. The molecule has 0 atom stereocenters. The number of carbonyl (C=O) groups excluding carboxylic acids is 3. The molecular weight excluding hydrogens is 316 g/mol. The van der Waals surface area contributed by atoms with Crippen molar-refractivity contribution in [3.63, 3.8) is 0 Å². The van der Waals surface area contributed by atoms with Gasteiger partial charge in [0.05, 0.1) is 12.4 Å². The lowest BCUT2D eigenvalue weighted by Gasteiger charge is -2.12. The van der Waals surface area contributed by atoms with Crippen molar-refractivity contribution < 1.29 is 19.1 Å². The van der Waals surface area contributed by atoms with Crippen molar-refractivity contribution in [1.29, 1.82) is 0 Å². The van der Waals surface area contributed by atoms with E-state index in [0.717, 1.165) is 28.0 Å². The molecule has 1 aliphatic rings. The van der Waals surface area contributed by atoms with Crippen LogP contribution in [-0.4, -0.2) is 47.4 Å². The molecule has 1 fully saturated rings. The lowest BCUT2D eigenvalue weighted by Crippen LogP contribution is -2.37. The summed E-state index contributed by atoms with van der Waals surface area (Å²) in [4.78, 5) is 35.6. The average molecular weight is 334 g/mol. The van der Waals surface area contributed by atoms with E-state index in [1.807, 2.05) is 31.2 Å². The first-order chi connectivity index (χ1) is 11.1. The van der Waals surface area contributed by atoms with E-state index in [9.17, 15) is 14.4 Å². The van der Waals surface area contributed by atoms with E-state index in [2.05, 4.69) is 5.32 Å². The number of amides is 3. The van der Waals surface area contributed by atoms with Crippen molar-refractivity contribution in [2.75, 3.05) is 25.4 Å². The van der Waals surface area contributed by atoms with Gasteiger partial charge in [0.2, 0.25) is 11.8 Å². The van der Waals surface area contributed by atoms with Gasteiger partial charge in [-0.25, -0.2) is 0 Å². The molecule has 1 N–H and O–H groups in total. The number of imide groups is 1. The number of carbonyl (C=O) groups is 3. The maximum Gasteiger partial charge on any atom is 0.288 e. The maximum absolute atomic E-state index is 11.7. The van der Waals surface area contributed by atoms with E-state index in [-0.39, 0.29) is 35.9 Å². The van der Waals surface area contributed by atoms with Gasteiger partial charge in [0, 0.05) is 19.2 Å². The molecule has 0 spiro atoms. The molecule has 0 aliphatic carbocycles. The third-order valence-electron chi connectivity index (χ3n) is 3.09. The summed E-state index contributed by atoms with van der Waals surface area (Å²) >= 11 is 0.985. The molecule has 0 unspecified atom stereocenters. The first-order valence-corrected chi connectivity index (χ1v) is 8.24. The highest BCUT2D eigenvalue weighted by molar-refractivity contribution is 8.14. The lowest BCUT2D eigenvalue weighted by atomic mass is 10.2. The molecule has 3 amide bonds. The van der Waals surface area contributed by atoms with Crippen molar-refractivity contribution in [2.24, 2.45) is 0 Å². The molecule has 6 nitrogen and oxygen atoms in total. The molecular formula is C16H18N2O4S. The molecule has 2 rings (SSSR count). The second kappa shape index (κ2) is 8.38. The number of nitrogens with one attached hydrogen (secondary N) is 1. The van der Waals surface area contributed by atoms with Crippen LogP contribution in [0.4, 0.5) is 4.79 Å². The summed E-state index contributed by atoms with van der Waals surface area (Å²) in [5.41, 5.74) is 0.880. The molecule has 1 aromatic rings. The molecule has 0 aromatic heterocycles. The molecule has 1 aliphatic heterocycles. The Hall–Kier alpha value is -2.28. The molecule has 23 heavy (non-hydrogen) atoms. The third-order valence-corrected chi connectivity index (χ3v) is 3.95. The highest BCUT2D eigenvalue weighted by Gasteiger charge is 2.29. The van der Waals surface area contributed by atoms with Gasteiger partial charge in [0.15, 0.2) is 0 Å². The van der Waals surface area contributed by atoms with Gasteiger partial charge < -0.3 is 10.1 Å². The average Bonchev–Trinajstić information content (AvgIpc) is 2.86. The van der Waals surface area contributed by atoms with Crippen LogP contribution in [0.5, 0.6) is 5.75 Å². The van der Waals surface area contributed by atoms with Gasteiger partial charge in [-0.2, -0.15) is 0 Å². The van der Waals surface area contributed by atoms with Crippen LogP contribution in [0.3, 0.4) is 0 Å². The van der Waals surface area contributed by atoms with Gasteiger partial charge in [-0.1, -0.05) is 23.9 Å². The van der Waals surface area contributed by atoms with E-state index >= 15 is 0 Å². The predicted molar refractivity (Wildman–Crippen MR) is 89.2 cm³/mol. The summed E-state index contributed by atoms with van der Waals surface area (Å²) in [6, 6.07) is 7.38. The minimum Gasteiger partial charge on any atom is -0.494 e. The van der Waals surface area contributed by atoms with E-state index in [0.29, 0.717) is 6.61 Å².